The zero-order valence-corrected chi connectivity index (χ0v) is 15.0. The second-order valence-corrected chi connectivity index (χ2v) is 7.63. The Bertz CT molecular complexity index is 790. The van der Waals surface area contributed by atoms with Crippen LogP contribution in [0.15, 0.2) is 47.4 Å². The van der Waals surface area contributed by atoms with Gasteiger partial charge in [-0.05, 0) is 41.8 Å². The van der Waals surface area contributed by atoms with Gasteiger partial charge in [-0.25, -0.2) is 8.42 Å². The molecule has 124 valence electrons. The Kier molecular flexibility index (Phi) is 5.68. The molecule has 0 saturated carbocycles. The van der Waals surface area contributed by atoms with Crippen LogP contribution in [0, 0.1) is 0 Å². The van der Waals surface area contributed by atoms with Crippen LogP contribution in [0.25, 0.3) is 0 Å². The van der Waals surface area contributed by atoms with Gasteiger partial charge in [0.05, 0.1) is 12.0 Å². The highest BCUT2D eigenvalue weighted by atomic mass is 35.5. The number of halogens is 1. The quantitative estimate of drug-likeness (QED) is 0.794. The predicted molar refractivity (Wildman–Crippen MR) is 92.5 cm³/mol. The zero-order valence-electron chi connectivity index (χ0n) is 13.4. The minimum atomic E-state index is -3.59. The van der Waals surface area contributed by atoms with Gasteiger partial charge in [0, 0.05) is 18.6 Å². The molecule has 23 heavy (non-hydrogen) atoms. The Morgan fingerprint density at radius 2 is 1.83 bits per heavy atom. The summed E-state index contributed by atoms with van der Waals surface area (Å²) in [6.45, 7) is 2.18. The van der Waals surface area contributed by atoms with Crippen LogP contribution in [0.5, 0.6) is 5.75 Å². The fourth-order valence-corrected chi connectivity index (χ4v) is 3.72. The number of nitrogens with zero attached hydrogens (tertiary/aromatic N) is 1. The van der Waals surface area contributed by atoms with Crippen LogP contribution in [0.1, 0.15) is 18.1 Å². The highest BCUT2D eigenvalue weighted by Crippen LogP contribution is 2.26. The SMILES string of the molecule is CCc1cc(S(=O)(=O)N(C)Cc2ccccc2Cl)ccc1OC. The van der Waals surface area contributed by atoms with Crippen molar-refractivity contribution in [3.8, 4) is 5.75 Å². The molecule has 0 atom stereocenters. The smallest absolute Gasteiger partial charge is 0.243 e. The van der Waals surface area contributed by atoms with E-state index in [4.69, 9.17) is 16.3 Å². The van der Waals surface area contributed by atoms with Gasteiger partial charge in [0.25, 0.3) is 0 Å². The van der Waals surface area contributed by atoms with Crippen molar-refractivity contribution < 1.29 is 13.2 Å². The molecule has 4 nitrogen and oxygen atoms in total. The van der Waals surface area contributed by atoms with Crippen LogP contribution in [0.4, 0.5) is 0 Å². The zero-order chi connectivity index (χ0) is 17.0. The predicted octanol–water partition coefficient (Wildman–Crippen LogP) is 3.73. The Morgan fingerprint density at radius 3 is 2.43 bits per heavy atom. The highest BCUT2D eigenvalue weighted by molar-refractivity contribution is 7.89. The van der Waals surface area contributed by atoms with E-state index in [1.54, 1.807) is 38.4 Å². The fraction of sp³-hybridized carbons (Fsp3) is 0.294. The lowest BCUT2D eigenvalue weighted by Crippen LogP contribution is -2.26. The van der Waals surface area contributed by atoms with Crippen LogP contribution in [0.3, 0.4) is 0 Å². The number of benzene rings is 2. The van der Waals surface area contributed by atoms with E-state index in [-0.39, 0.29) is 11.4 Å². The van der Waals surface area contributed by atoms with E-state index in [1.807, 2.05) is 25.1 Å². The molecule has 0 unspecified atom stereocenters. The summed E-state index contributed by atoms with van der Waals surface area (Å²) in [5.74, 6) is 0.695. The summed E-state index contributed by atoms with van der Waals surface area (Å²) >= 11 is 6.11. The molecule has 6 heteroatoms. The molecule has 2 rings (SSSR count). The van der Waals surface area contributed by atoms with Crippen LogP contribution in [-0.4, -0.2) is 26.9 Å². The number of ether oxygens (including phenoxy) is 1. The monoisotopic (exact) mass is 353 g/mol. The molecule has 0 aliphatic rings. The Labute approximate surface area is 142 Å². The first-order chi connectivity index (χ1) is 10.9. The van der Waals surface area contributed by atoms with Gasteiger partial charge >= 0.3 is 0 Å². The Morgan fingerprint density at radius 1 is 1.13 bits per heavy atom. The molecule has 0 spiro atoms. The van der Waals surface area contributed by atoms with Crippen LogP contribution in [-0.2, 0) is 23.0 Å². The molecule has 0 aliphatic carbocycles. The lowest BCUT2D eigenvalue weighted by Gasteiger charge is -2.19. The molecule has 0 bridgehead atoms. The fourth-order valence-electron chi connectivity index (χ4n) is 2.32. The summed E-state index contributed by atoms with van der Waals surface area (Å²) in [6.07, 6.45) is 0.695. The highest BCUT2D eigenvalue weighted by Gasteiger charge is 2.22. The second kappa shape index (κ2) is 7.34. The average Bonchev–Trinajstić information content (AvgIpc) is 2.56. The maximum Gasteiger partial charge on any atom is 0.243 e. The van der Waals surface area contributed by atoms with Crippen molar-refractivity contribution in [3.63, 3.8) is 0 Å². The number of methoxy groups -OCH3 is 1. The molecule has 0 aliphatic heterocycles. The van der Waals surface area contributed by atoms with Crippen LogP contribution >= 0.6 is 11.6 Å². The molecule has 0 radical (unpaired) electrons. The van der Waals surface area contributed by atoms with Gasteiger partial charge in [-0.2, -0.15) is 4.31 Å². The summed E-state index contributed by atoms with van der Waals surface area (Å²) in [4.78, 5) is 0.254. The average molecular weight is 354 g/mol. The van der Waals surface area contributed by atoms with Gasteiger partial charge in [-0.15, -0.1) is 0 Å². The van der Waals surface area contributed by atoms with E-state index in [9.17, 15) is 8.42 Å². The first kappa shape index (κ1) is 17.8. The Balaban J connectivity index is 2.32. The van der Waals surface area contributed by atoms with Crippen molar-refractivity contribution in [1.29, 1.82) is 0 Å². The number of hydrogen-bond donors (Lipinski definition) is 0. The van der Waals surface area contributed by atoms with Gasteiger partial charge in [0.15, 0.2) is 0 Å². The number of hydrogen-bond acceptors (Lipinski definition) is 3. The molecule has 0 saturated heterocycles. The summed E-state index contributed by atoms with van der Waals surface area (Å²) in [5, 5.41) is 0.554. The standard InChI is InChI=1S/C17H20ClNO3S/c1-4-13-11-15(9-10-17(13)22-3)23(20,21)19(2)12-14-7-5-6-8-16(14)18/h5-11H,4,12H2,1-3H3. The minimum Gasteiger partial charge on any atom is -0.496 e. The van der Waals surface area contributed by atoms with Crippen molar-refractivity contribution in [1.82, 2.24) is 4.31 Å². The molecule has 0 aromatic heterocycles. The summed E-state index contributed by atoms with van der Waals surface area (Å²) < 4.78 is 32.1. The first-order valence-corrected chi connectivity index (χ1v) is 9.08. The van der Waals surface area contributed by atoms with Crippen molar-refractivity contribution >= 4 is 21.6 Å². The number of sulfonamides is 1. The van der Waals surface area contributed by atoms with E-state index in [0.717, 1.165) is 11.1 Å². The van der Waals surface area contributed by atoms with Gasteiger partial charge in [0.1, 0.15) is 5.75 Å². The molecule has 0 fully saturated rings. The maximum atomic E-state index is 12.8. The third-order valence-corrected chi connectivity index (χ3v) is 5.86. The number of rotatable bonds is 6. The Hall–Kier alpha value is -1.56. The van der Waals surface area contributed by atoms with E-state index < -0.39 is 10.0 Å². The summed E-state index contributed by atoms with van der Waals surface area (Å²) in [7, 11) is -0.467. The molecule has 0 amide bonds. The van der Waals surface area contributed by atoms with E-state index in [1.165, 1.54) is 4.31 Å². The lowest BCUT2D eigenvalue weighted by atomic mass is 10.1. The molecule has 2 aromatic rings. The molecule has 0 heterocycles. The second-order valence-electron chi connectivity index (χ2n) is 5.18. The third-order valence-electron chi connectivity index (χ3n) is 3.69. The molecule has 2 aromatic carbocycles. The topological polar surface area (TPSA) is 46.6 Å². The van der Waals surface area contributed by atoms with Gasteiger partial charge in [0.2, 0.25) is 10.0 Å². The van der Waals surface area contributed by atoms with E-state index >= 15 is 0 Å². The third kappa shape index (κ3) is 3.86. The summed E-state index contributed by atoms with van der Waals surface area (Å²) in [5.41, 5.74) is 1.63. The van der Waals surface area contributed by atoms with Gasteiger partial charge in [-0.1, -0.05) is 36.7 Å². The summed E-state index contributed by atoms with van der Waals surface area (Å²) in [6, 6.07) is 12.1. The van der Waals surface area contributed by atoms with Gasteiger partial charge in [-0.3, -0.25) is 0 Å². The largest absolute Gasteiger partial charge is 0.496 e. The molecular formula is C17H20ClNO3S. The van der Waals surface area contributed by atoms with E-state index in [0.29, 0.717) is 17.2 Å². The minimum absolute atomic E-state index is 0.218. The number of aryl methyl sites for hydroxylation is 1. The van der Waals surface area contributed by atoms with E-state index in [2.05, 4.69) is 0 Å². The van der Waals surface area contributed by atoms with Crippen molar-refractivity contribution in [2.75, 3.05) is 14.2 Å². The molecular weight excluding hydrogens is 334 g/mol. The maximum absolute atomic E-state index is 12.8. The normalized spacial score (nSPS) is 11.7. The first-order valence-electron chi connectivity index (χ1n) is 7.26. The van der Waals surface area contributed by atoms with Crippen LogP contribution < -0.4 is 4.74 Å². The van der Waals surface area contributed by atoms with Crippen molar-refractivity contribution in [2.45, 2.75) is 24.8 Å². The van der Waals surface area contributed by atoms with Crippen molar-refractivity contribution in [2.24, 2.45) is 0 Å². The molecule has 0 N–H and O–H groups in total. The van der Waals surface area contributed by atoms with Crippen molar-refractivity contribution in [3.05, 3.63) is 58.6 Å². The van der Waals surface area contributed by atoms with Gasteiger partial charge < -0.3 is 4.74 Å². The lowest BCUT2D eigenvalue weighted by molar-refractivity contribution is 0.409. The van der Waals surface area contributed by atoms with Crippen LogP contribution in [0.2, 0.25) is 5.02 Å².